The fourth-order valence-electron chi connectivity index (χ4n) is 1.95. The molecule has 0 aromatic heterocycles. The molecule has 128 valence electrons. The summed E-state index contributed by atoms with van der Waals surface area (Å²) in [5, 5.41) is 9.91. The summed E-state index contributed by atoms with van der Waals surface area (Å²) in [6.07, 6.45) is 0. The van der Waals surface area contributed by atoms with E-state index in [4.69, 9.17) is 4.74 Å². The van der Waals surface area contributed by atoms with Crippen LogP contribution in [0.15, 0.2) is 47.4 Å². The molecule has 0 amide bonds. The largest absolute Gasteiger partial charge is 0.506 e. The highest BCUT2D eigenvalue weighted by molar-refractivity contribution is 7.92. The van der Waals surface area contributed by atoms with Crippen molar-refractivity contribution in [2.24, 2.45) is 0 Å². The molecule has 0 aliphatic heterocycles. The minimum Gasteiger partial charge on any atom is -0.506 e. The van der Waals surface area contributed by atoms with Gasteiger partial charge in [0.25, 0.3) is 10.0 Å². The predicted octanol–water partition coefficient (Wildman–Crippen LogP) is 2.38. The monoisotopic (exact) mass is 351 g/mol. The lowest BCUT2D eigenvalue weighted by Gasteiger charge is -2.11. The van der Waals surface area contributed by atoms with Crippen LogP contribution in [0.1, 0.15) is 17.3 Å². The van der Waals surface area contributed by atoms with E-state index in [1.54, 1.807) is 0 Å². The molecule has 0 spiro atoms. The number of anilines is 1. The number of carbonyl (C=O) groups excluding carboxylic acids is 1. The van der Waals surface area contributed by atoms with Crippen molar-refractivity contribution in [3.05, 3.63) is 48.0 Å². The Bertz CT molecular complexity index is 830. The average molecular weight is 351 g/mol. The second-order valence-corrected chi connectivity index (χ2v) is 6.42. The molecule has 2 aromatic carbocycles. The first kappa shape index (κ1) is 17.6. The Morgan fingerprint density at radius 1 is 1.17 bits per heavy atom. The van der Waals surface area contributed by atoms with Gasteiger partial charge in [0.2, 0.25) is 0 Å². The van der Waals surface area contributed by atoms with E-state index < -0.39 is 16.0 Å². The van der Waals surface area contributed by atoms with Gasteiger partial charge in [0.15, 0.2) is 0 Å². The first-order chi connectivity index (χ1) is 11.4. The van der Waals surface area contributed by atoms with Gasteiger partial charge in [-0.1, -0.05) is 0 Å². The van der Waals surface area contributed by atoms with Gasteiger partial charge < -0.3 is 14.6 Å². The Labute approximate surface area is 139 Å². The van der Waals surface area contributed by atoms with E-state index in [1.807, 2.05) is 6.92 Å². The van der Waals surface area contributed by atoms with Gasteiger partial charge in [-0.3, -0.25) is 4.72 Å². The molecule has 7 nitrogen and oxygen atoms in total. The van der Waals surface area contributed by atoms with Crippen LogP contribution in [-0.4, -0.2) is 33.2 Å². The number of hydrogen-bond acceptors (Lipinski definition) is 6. The Kier molecular flexibility index (Phi) is 5.30. The topological polar surface area (TPSA) is 102 Å². The third-order valence-electron chi connectivity index (χ3n) is 3.11. The van der Waals surface area contributed by atoms with Crippen LogP contribution < -0.4 is 9.46 Å². The Morgan fingerprint density at radius 3 is 2.38 bits per heavy atom. The zero-order chi connectivity index (χ0) is 17.7. The number of methoxy groups -OCH3 is 1. The molecule has 0 aliphatic carbocycles. The van der Waals surface area contributed by atoms with Crippen molar-refractivity contribution >= 4 is 21.7 Å². The van der Waals surface area contributed by atoms with Crippen molar-refractivity contribution < 1.29 is 27.8 Å². The molecule has 0 radical (unpaired) electrons. The zero-order valence-electron chi connectivity index (χ0n) is 13.1. The van der Waals surface area contributed by atoms with Gasteiger partial charge >= 0.3 is 5.97 Å². The lowest BCUT2D eigenvalue weighted by atomic mass is 10.2. The van der Waals surface area contributed by atoms with Crippen molar-refractivity contribution in [1.29, 1.82) is 0 Å². The van der Waals surface area contributed by atoms with Gasteiger partial charge in [-0.05, 0) is 49.4 Å². The number of aromatic hydroxyl groups is 1. The highest BCUT2D eigenvalue weighted by atomic mass is 32.2. The Morgan fingerprint density at radius 2 is 1.83 bits per heavy atom. The lowest BCUT2D eigenvalue weighted by Crippen LogP contribution is -2.13. The number of phenols is 1. The molecule has 24 heavy (non-hydrogen) atoms. The summed E-state index contributed by atoms with van der Waals surface area (Å²) >= 11 is 0. The van der Waals surface area contributed by atoms with Crippen molar-refractivity contribution in [3.63, 3.8) is 0 Å². The van der Waals surface area contributed by atoms with Crippen LogP contribution in [0.5, 0.6) is 11.5 Å². The molecule has 0 fully saturated rings. The van der Waals surface area contributed by atoms with Crippen LogP contribution >= 0.6 is 0 Å². The second-order valence-electron chi connectivity index (χ2n) is 4.73. The molecule has 2 N–H and O–H groups in total. The summed E-state index contributed by atoms with van der Waals surface area (Å²) in [5.74, 6) is -0.458. The van der Waals surface area contributed by atoms with Crippen molar-refractivity contribution in [1.82, 2.24) is 0 Å². The number of sulfonamides is 1. The molecule has 2 rings (SSSR count). The standard InChI is InChI=1S/C16H17NO6S/c1-3-23-12-5-7-13(8-6-12)24(20,21)17-14-9-4-11(10-15(14)18)16(19)22-2/h4-10,17-18H,3H2,1-2H3. The van der Waals surface area contributed by atoms with E-state index in [2.05, 4.69) is 9.46 Å². The van der Waals surface area contributed by atoms with Crippen LogP contribution in [-0.2, 0) is 14.8 Å². The summed E-state index contributed by atoms with van der Waals surface area (Å²) in [4.78, 5) is 11.4. The highest BCUT2D eigenvalue weighted by Crippen LogP contribution is 2.27. The summed E-state index contributed by atoms with van der Waals surface area (Å²) in [7, 11) is -2.68. The van der Waals surface area contributed by atoms with Gasteiger partial charge in [-0.15, -0.1) is 0 Å². The fraction of sp³-hybridized carbons (Fsp3) is 0.188. The minimum absolute atomic E-state index is 0.0161. The lowest BCUT2D eigenvalue weighted by molar-refractivity contribution is 0.0600. The molecule has 0 bridgehead atoms. The van der Waals surface area contributed by atoms with Crippen molar-refractivity contribution in [2.45, 2.75) is 11.8 Å². The SMILES string of the molecule is CCOc1ccc(S(=O)(=O)Nc2ccc(C(=O)OC)cc2O)cc1. The number of phenolic OH excluding ortho intramolecular Hbond substituents is 1. The first-order valence-corrected chi connectivity index (χ1v) is 8.52. The Hall–Kier alpha value is -2.74. The molecule has 0 unspecified atom stereocenters. The number of carbonyl (C=O) groups is 1. The molecule has 2 aromatic rings. The maximum Gasteiger partial charge on any atom is 0.337 e. The molecular formula is C16H17NO6S. The third kappa shape index (κ3) is 3.96. The van der Waals surface area contributed by atoms with E-state index in [0.29, 0.717) is 12.4 Å². The number of nitrogens with one attached hydrogen (secondary N) is 1. The van der Waals surface area contributed by atoms with Gasteiger partial charge in [0.05, 0.1) is 29.9 Å². The molecule has 0 atom stereocenters. The molecule has 8 heteroatoms. The maximum atomic E-state index is 12.3. The van der Waals surface area contributed by atoms with Gasteiger partial charge in [-0.25, -0.2) is 13.2 Å². The summed E-state index contributed by atoms with van der Waals surface area (Å²) in [6.45, 7) is 2.30. The number of esters is 1. The number of ether oxygens (including phenoxy) is 2. The molecule has 0 saturated carbocycles. The average Bonchev–Trinajstić information content (AvgIpc) is 2.56. The summed E-state index contributed by atoms with van der Waals surface area (Å²) in [5.41, 5.74) is 0.0653. The van der Waals surface area contributed by atoms with Crippen LogP contribution in [0.3, 0.4) is 0 Å². The molecule has 0 saturated heterocycles. The zero-order valence-corrected chi connectivity index (χ0v) is 14.0. The molecular weight excluding hydrogens is 334 g/mol. The van der Waals surface area contributed by atoms with Crippen LogP contribution in [0, 0.1) is 0 Å². The minimum atomic E-state index is -3.89. The molecule has 0 aliphatic rings. The van der Waals surface area contributed by atoms with Gasteiger partial charge in [0, 0.05) is 0 Å². The predicted molar refractivity (Wildman–Crippen MR) is 87.9 cm³/mol. The van der Waals surface area contributed by atoms with Crippen molar-refractivity contribution in [3.8, 4) is 11.5 Å². The maximum absolute atomic E-state index is 12.3. The summed E-state index contributed by atoms with van der Waals surface area (Å²) in [6, 6.07) is 9.63. The first-order valence-electron chi connectivity index (χ1n) is 7.04. The normalized spacial score (nSPS) is 10.9. The Balaban J connectivity index is 2.24. The van der Waals surface area contributed by atoms with Gasteiger partial charge in [-0.2, -0.15) is 0 Å². The number of hydrogen-bond donors (Lipinski definition) is 2. The van der Waals surface area contributed by atoms with Crippen LogP contribution in [0.2, 0.25) is 0 Å². The van der Waals surface area contributed by atoms with E-state index in [9.17, 15) is 18.3 Å². The number of benzene rings is 2. The van der Waals surface area contributed by atoms with Crippen LogP contribution in [0.25, 0.3) is 0 Å². The third-order valence-corrected chi connectivity index (χ3v) is 4.49. The highest BCUT2D eigenvalue weighted by Gasteiger charge is 2.17. The van der Waals surface area contributed by atoms with E-state index in [-0.39, 0.29) is 21.9 Å². The van der Waals surface area contributed by atoms with Crippen molar-refractivity contribution in [2.75, 3.05) is 18.4 Å². The van der Waals surface area contributed by atoms with Gasteiger partial charge in [0.1, 0.15) is 11.5 Å². The molecule has 0 heterocycles. The van der Waals surface area contributed by atoms with E-state index in [1.165, 1.54) is 43.5 Å². The fourth-order valence-corrected chi connectivity index (χ4v) is 3.02. The second kappa shape index (κ2) is 7.22. The van der Waals surface area contributed by atoms with Crippen LogP contribution in [0.4, 0.5) is 5.69 Å². The van der Waals surface area contributed by atoms with E-state index in [0.717, 1.165) is 6.07 Å². The quantitative estimate of drug-likeness (QED) is 0.612. The summed E-state index contributed by atoms with van der Waals surface area (Å²) < 4.78 is 36.7. The van der Waals surface area contributed by atoms with E-state index >= 15 is 0 Å². The number of rotatable bonds is 6. The smallest absolute Gasteiger partial charge is 0.337 e.